The Morgan fingerprint density at radius 2 is 2.17 bits per heavy atom. The van der Waals surface area contributed by atoms with Gasteiger partial charge in [0, 0.05) is 12.6 Å². The summed E-state index contributed by atoms with van der Waals surface area (Å²) >= 11 is 0. The molecule has 4 heteroatoms. The molecule has 0 aromatic carbocycles. The fraction of sp³-hybridized carbons (Fsp3) is 0.929. The van der Waals surface area contributed by atoms with E-state index >= 15 is 0 Å². The van der Waals surface area contributed by atoms with Crippen LogP contribution in [0.1, 0.15) is 40.5 Å². The van der Waals surface area contributed by atoms with Crippen molar-refractivity contribution >= 4 is 5.97 Å². The third-order valence-electron chi connectivity index (χ3n) is 4.29. The Kier molecular flexibility index (Phi) is 5.17. The van der Waals surface area contributed by atoms with Gasteiger partial charge in [0.1, 0.15) is 5.54 Å². The minimum atomic E-state index is -0.822. The molecule has 4 unspecified atom stereocenters. The van der Waals surface area contributed by atoms with Crippen LogP contribution in [0.4, 0.5) is 0 Å². The van der Waals surface area contributed by atoms with Crippen molar-refractivity contribution in [3.8, 4) is 0 Å². The summed E-state index contributed by atoms with van der Waals surface area (Å²) in [6.45, 7) is 9.89. The average Bonchev–Trinajstić information content (AvgIpc) is 2.94. The van der Waals surface area contributed by atoms with Crippen LogP contribution in [0.5, 0.6) is 0 Å². The van der Waals surface area contributed by atoms with Crippen LogP contribution < -0.4 is 5.32 Å². The molecule has 0 saturated heterocycles. The first-order chi connectivity index (χ1) is 8.30. The van der Waals surface area contributed by atoms with Gasteiger partial charge in [0.2, 0.25) is 0 Å². The minimum Gasteiger partial charge on any atom is -0.480 e. The summed E-state index contributed by atoms with van der Waals surface area (Å²) in [5.74, 6) is 0.899. The maximum atomic E-state index is 11.4. The lowest BCUT2D eigenvalue weighted by molar-refractivity contribution is -0.145. The van der Waals surface area contributed by atoms with E-state index in [1.165, 1.54) is 6.42 Å². The summed E-state index contributed by atoms with van der Waals surface area (Å²) in [4.78, 5) is 13.7. The van der Waals surface area contributed by atoms with Gasteiger partial charge < -0.3 is 15.3 Å². The molecular formula is C14H28N2O2. The number of likely N-dealkylation sites (N-methyl/N-ethyl adjacent to an activating group) is 1. The van der Waals surface area contributed by atoms with Crippen molar-refractivity contribution < 1.29 is 9.90 Å². The summed E-state index contributed by atoms with van der Waals surface area (Å²) in [6, 6.07) is 0.276. The molecule has 1 fully saturated rings. The van der Waals surface area contributed by atoms with E-state index in [2.05, 4.69) is 31.1 Å². The lowest BCUT2D eigenvalue weighted by Crippen LogP contribution is -2.53. The number of carboxylic acid groups (broad SMARTS) is 1. The van der Waals surface area contributed by atoms with Gasteiger partial charge in [-0.05, 0) is 52.1 Å². The van der Waals surface area contributed by atoms with Crippen LogP contribution in [0.15, 0.2) is 0 Å². The normalized spacial score (nSPS) is 27.9. The summed E-state index contributed by atoms with van der Waals surface area (Å²) in [6.07, 6.45) is 1.95. The Balaban J connectivity index is 2.49. The first-order valence-electron chi connectivity index (χ1n) is 6.98. The van der Waals surface area contributed by atoms with Crippen molar-refractivity contribution in [2.45, 2.75) is 52.1 Å². The molecule has 0 radical (unpaired) electrons. The highest BCUT2D eigenvalue weighted by atomic mass is 16.4. The highest BCUT2D eigenvalue weighted by Gasteiger charge is 2.37. The summed E-state index contributed by atoms with van der Waals surface area (Å²) in [5, 5.41) is 12.4. The Labute approximate surface area is 111 Å². The number of nitrogens with one attached hydrogen (secondary N) is 1. The molecule has 4 nitrogen and oxygen atoms in total. The third kappa shape index (κ3) is 3.95. The molecular weight excluding hydrogens is 228 g/mol. The quantitative estimate of drug-likeness (QED) is 0.695. The van der Waals surface area contributed by atoms with E-state index < -0.39 is 11.5 Å². The number of rotatable bonds is 8. The second-order valence-corrected chi connectivity index (χ2v) is 6.13. The maximum Gasteiger partial charge on any atom is 0.323 e. The molecule has 18 heavy (non-hydrogen) atoms. The van der Waals surface area contributed by atoms with Crippen LogP contribution in [0.3, 0.4) is 0 Å². The fourth-order valence-corrected chi connectivity index (χ4v) is 2.58. The van der Waals surface area contributed by atoms with E-state index in [0.717, 1.165) is 18.4 Å². The zero-order valence-corrected chi connectivity index (χ0v) is 12.4. The largest absolute Gasteiger partial charge is 0.480 e. The van der Waals surface area contributed by atoms with E-state index in [4.69, 9.17) is 0 Å². The van der Waals surface area contributed by atoms with Gasteiger partial charge in [0.05, 0.1) is 0 Å². The number of aliphatic carboxylic acids is 1. The Morgan fingerprint density at radius 1 is 1.61 bits per heavy atom. The predicted molar refractivity (Wildman–Crippen MR) is 73.7 cm³/mol. The number of nitrogens with zero attached hydrogens (tertiary/aromatic N) is 1. The van der Waals surface area contributed by atoms with Gasteiger partial charge in [-0.3, -0.25) is 4.79 Å². The van der Waals surface area contributed by atoms with Gasteiger partial charge >= 0.3 is 5.97 Å². The highest BCUT2D eigenvalue weighted by molar-refractivity contribution is 5.78. The van der Waals surface area contributed by atoms with Gasteiger partial charge in [-0.2, -0.15) is 0 Å². The molecule has 0 aromatic rings. The molecule has 0 spiro atoms. The number of hydrogen-bond acceptors (Lipinski definition) is 3. The van der Waals surface area contributed by atoms with Gasteiger partial charge in [0.25, 0.3) is 0 Å². The van der Waals surface area contributed by atoms with Crippen LogP contribution in [0.2, 0.25) is 0 Å². The molecule has 1 rings (SSSR count). The molecule has 0 aromatic heterocycles. The van der Waals surface area contributed by atoms with E-state index in [-0.39, 0.29) is 6.04 Å². The van der Waals surface area contributed by atoms with Crippen molar-refractivity contribution in [3.05, 3.63) is 0 Å². The molecule has 1 aliphatic carbocycles. The summed E-state index contributed by atoms with van der Waals surface area (Å²) in [7, 11) is 2.10. The van der Waals surface area contributed by atoms with Gasteiger partial charge in [0.15, 0.2) is 0 Å². The van der Waals surface area contributed by atoms with Crippen molar-refractivity contribution in [1.29, 1.82) is 0 Å². The van der Waals surface area contributed by atoms with Crippen LogP contribution in [-0.4, -0.2) is 47.7 Å². The zero-order valence-electron chi connectivity index (χ0n) is 12.4. The number of carboxylic acids is 1. The average molecular weight is 256 g/mol. The Hall–Kier alpha value is -0.610. The Morgan fingerprint density at radius 3 is 2.56 bits per heavy atom. The van der Waals surface area contributed by atoms with Crippen LogP contribution >= 0.6 is 0 Å². The molecule has 1 aliphatic rings. The summed E-state index contributed by atoms with van der Waals surface area (Å²) in [5.41, 5.74) is -0.822. The van der Waals surface area contributed by atoms with Gasteiger partial charge in [-0.15, -0.1) is 0 Å². The Bertz CT molecular complexity index is 296. The molecule has 0 heterocycles. The smallest absolute Gasteiger partial charge is 0.323 e. The standard InChI is InChI=1S/C14H28N2O2/c1-6-15-14(4,13(17)18)8-11(3)16(5)9-12-7-10(12)2/h10-12,15H,6-9H2,1-5H3,(H,17,18). The van der Waals surface area contributed by atoms with Gasteiger partial charge in [-0.1, -0.05) is 13.8 Å². The molecule has 106 valence electrons. The van der Waals surface area contributed by atoms with Crippen LogP contribution in [0.25, 0.3) is 0 Å². The van der Waals surface area contributed by atoms with E-state index in [9.17, 15) is 9.90 Å². The van der Waals surface area contributed by atoms with Crippen molar-refractivity contribution in [2.24, 2.45) is 11.8 Å². The zero-order chi connectivity index (χ0) is 13.9. The number of carbonyl (C=O) groups is 1. The first-order valence-corrected chi connectivity index (χ1v) is 6.98. The molecule has 2 N–H and O–H groups in total. The van der Waals surface area contributed by atoms with E-state index in [1.54, 1.807) is 6.92 Å². The van der Waals surface area contributed by atoms with Crippen molar-refractivity contribution in [2.75, 3.05) is 20.1 Å². The molecule has 0 aliphatic heterocycles. The second kappa shape index (κ2) is 6.02. The van der Waals surface area contributed by atoms with Crippen LogP contribution in [-0.2, 0) is 4.79 Å². The molecule has 0 amide bonds. The molecule has 1 saturated carbocycles. The molecule has 0 bridgehead atoms. The first kappa shape index (κ1) is 15.4. The minimum absolute atomic E-state index is 0.276. The highest BCUT2D eigenvalue weighted by Crippen LogP contribution is 2.38. The predicted octanol–water partition coefficient (Wildman–Crippen LogP) is 1.81. The van der Waals surface area contributed by atoms with Gasteiger partial charge in [-0.25, -0.2) is 0 Å². The van der Waals surface area contributed by atoms with Crippen molar-refractivity contribution in [1.82, 2.24) is 10.2 Å². The maximum absolute atomic E-state index is 11.4. The topological polar surface area (TPSA) is 52.6 Å². The molecule has 4 atom stereocenters. The number of hydrogen-bond donors (Lipinski definition) is 2. The fourth-order valence-electron chi connectivity index (χ4n) is 2.58. The van der Waals surface area contributed by atoms with E-state index in [1.807, 2.05) is 6.92 Å². The lowest BCUT2D eigenvalue weighted by atomic mass is 9.93. The van der Waals surface area contributed by atoms with Crippen molar-refractivity contribution in [3.63, 3.8) is 0 Å². The third-order valence-corrected chi connectivity index (χ3v) is 4.29. The SMILES string of the molecule is CCNC(C)(CC(C)N(C)CC1CC1C)C(=O)O. The lowest BCUT2D eigenvalue weighted by Gasteiger charge is -2.33. The summed E-state index contributed by atoms with van der Waals surface area (Å²) < 4.78 is 0. The second-order valence-electron chi connectivity index (χ2n) is 6.13. The van der Waals surface area contributed by atoms with E-state index in [0.29, 0.717) is 13.0 Å². The van der Waals surface area contributed by atoms with Crippen LogP contribution in [0, 0.1) is 11.8 Å². The monoisotopic (exact) mass is 256 g/mol.